The highest BCUT2D eigenvalue weighted by atomic mass is 16.5. The van der Waals surface area contributed by atoms with Gasteiger partial charge in [0.05, 0.1) is 25.2 Å². The zero-order valence-electron chi connectivity index (χ0n) is 34.9. The van der Waals surface area contributed by atoms with Gasteiger partial charge in [0.2, 0.25) is 5.91 Å². The molecular formula is C47H85NO5. The van der Waals surface area contributed by atoms with E-state index in [4.69, 9.17) is 4.74 Å². The van der Waals surface area contributed by atoms with Crippen LogP contribution in [-0.4, -0.2) is 46.9 Å². The van der Waals surface area contributed by atoms with E-state index in [0.29, 0.717) is 19.3 Å². The fourth-order valence-corrected chi connectivity index (χ4v) is 6.54. The highest BCUT2D eigenvalue weighted by Crippen LogP contribution is 2.17. The molecule has 6 nitrogen and oxygen atoms in total. The summed E-state index contributed by atoms with van der Waals surface area (Å²) in [4.78, 5) is 25.9. The number of hydrogen-bond donors (Lipinski definition) is 3. The molecule has 0 aromatic carbocycles. The van der Waals surface area contributed by atoms with Gasteiger partial charge in [-0.2, -0.15) is 0 Å². The number of allylic oxidation sites excluding steroid dienone is 8. The van der Waals surface area contributed by atoms with E-state index in [1.807, 2.05) is 0 Å². The lowest BCUT2D eigenvalue weighted by atomic mass is 10.0. The van der Waals surface area contributed by atoms with Crippen molar-refractivity contribution >= 4 is 11.9 Å². The Labute approximate surface area is 327 Å². The van der Waals surface area contributed by atoms with Gasteiger partial charge in [-0.3, -0.25) is 9.59 Å². The van der Waals surface area contributed by atoms with E-state index in [9.17, 15) is 19.8 Å². The molecule has 0 radical (unpaired) electrons. The van der Waals surface area contributed by atoms with Crippen LogP contribution in [0.1, 0.15) is 213 Å². The number of carbonyl (C=O) groups is 2. The topological polar surface area (TPSA) is 95.9 Å². The Kier molecular flexibility index (Phi) is 39.3. The first-order valence-electron chi connectivity index (χ1n) is 22.4. The van der Waals surface area contributed by atoms with E-state index < -0.39 is 18.2 Å². The van der Waals surface area contributed by atoms with E-state index in [-0.39, 0.29) is 24.9 Å². The molecule has 3 unspecified atom stereocenters. The molecule has 0 aliphatic rings. The van der Waals surface area contributed by atoms with Crippen molar-refractivity contribution in [2.24, 2.45) is 0 Å². The number of carbonyl (C=O) groups excluding carboxylic acids is 2. The molecule has 0 aromatic heterocycles. The molecule has 0 saturated heterocycles. The van der Waals surface area contributed by atoms with Crippen LogP contribution >= 0.6 is 0 Å². The number of amides is 1. The van der Waals surface area contributed by atoms with Gasteiger partial charge in [-0.05, 0) is 64.2 Å². The van der Waals surface area contributed by atoms with Gasteiger partial charge in [0.25, 0.3) is 0 Å². The number of rotatable bonds is 39. The molecule has 3 atom stereocenters. The molecule has 0 saturated carbocycles. The van der Waals surface area contributed by atoms with E-state index in [0.717, 1.165) is 89.9 Å². The van der Waals surface area contributed by atoms with Crippen LogP contribution in [0, 0.1) is 0 Å². The predicted octanol–water partition coefficient (Wildman–Crippen LogP) is 12.7. The van der Waals surface area contributed by atoms with Gasteiger partial charge >= 0.3 is 5.97 Å². The summed E-state index contributed by atoms with van der Waals surface area (Å²) in [6.07, 6.45) is 47.5. The molecule has 1 amide bonds. The number of aliphatic hydroxyl groups is 2. The Balaban J connectivity index is 4.55. The quantitative estimate of drug-likeness (QED) is 0.0331. The van der Waals surface area contributed by atoms with Gasteiger partial charge in [0, 0.05) is 6.42 Å². The second kappa shape index (κ2) is 41.0. The van der Waals surface area contributed by atoms with E-state index in [2.05, 4.69) is 74.7 Å². The second-order valence-corrected chi connectivity index (χ2v) is 15.1. The predicted molar refractivity (Wildman–Crippen MR) is 227 cm³/mol. The molecule has 0 aromatic rings. The summed E-state index contributed by atoms with van der Waals surface area (Å²) >= 11 is 0. The van der Waals surface area contributed by atoms with Crippen molar-refractivity contribution in [1.29, 1.82) is 0 Å². The number of ether oxygens (including phenoxy) is 1. The van der Waals surface area contributed by atoms with Crippen LogP contribution in [0.25, 0.3) is 0 Å². The summed E-state index contributed by atoms with van der Waals surface area (Å²) in [5.74, 6) is -0.514. The minimum Gasteiger partial charge on any atom is -0.462 e. The third-order valence-corrected chi connectivity index (χ3v) is 9.92. The number of unbranched alkanes of at least 4 members (excludes halogenated alkanes) is 19. The van der Waals surface area contributed by atoms with Crippen LogP contribution in [0.2, 0.25) is 0 Å². The Morgan fingerprint density at radius 2 is 1.02 bits per heavy atom. The maximum absolute atomic E-state index is 13.1. The van der Waals surface area contributed by atoms with Gasteiger partial charge in [0.15, 0.2) is 0 Å². The molecule has 3 N–H and O–H groups in total. The van der Waals surface area contributed by atoms with Gasteiger partial charge in [0.1, 0.15) is 6.10 Å². The molecule has 308 valence electrons. The van der Waals surface area contributed by atoms with Crippen LogP contribution in [-0.2, 0) is 14.3 Å². The molecular weight excluding hydrogens is 659 g/mol. The first-order chi connectivity index (χ1) is 26.0. The fraction of sp³-hybridized carbons (Fsp3) is 0.787. The Morgan fingerprint density at radius 1 is 0.566 bits per heavy atom. The molecule has 6 heteroatoms. The SMILES string of the molecule is CC/C=C/C/C=C/C/C=C/C/C=C/CCCCCC(=O)OC(CCCCCCCCCC)CC(=O)NC(CO)C(O)CCCCCCCCCCCC. The highest BCUT2D eigenvalue weighted by molar-refractivity contribution is 5.77. The fourth-order valence-electron chi connectivity index (χ4n) is 6.54. The van der Waals surface area contributed by atoms with Gasteiger partial charge in [-0.1, -0.05) is 185 Å². The smallest absolute Gasteiger partial charge is 0.306 e. The van der Waals surface area contributed by atoms with Gasteiger partial charge < -0.3 is 20.3 Å². The monoisotopic (exact) mass is 744 g/mol. The van der Waals surface area contributed by atoms with Crippen LogP contribution in [0.5, 0.6) is 0 Å². The molecule has 0 bridgehead atoms. The minimum atomic E-state index is -0.789. The third kappa shape index (κ3) is 36.6. The lowest BCUT2D eigenvalue weighted by Gasteiger charge is -2.24. The first-order valence-corrected chi connectivity index (χ1v) is 22.4. The molecule has 0 spiro atoms. The van der Waals surface area contributed by atoms with Gasteiger partial charge in [-0.15, -0.1) is 0 Å². The van der Waals surface area contributed by atoms with Crippen LogP contribution in [0.15, 0.2) is 48.6 Å². The summed E-state index contributed by atoms with van der Waals surface area (Å²) in [6.45, 7) is 6.31. The molecule has 0 fully saturated rings. The van der Waals surface area contributed by atoms with E-state index in [1.165, 1.54) is 77.0 Å². The maximum atomic E-state index is 13.1. The van der Waals surface area contributed by atoms with Crippen molar-refractivity contribution in [1.82, 2.24) is 5.32 Å². The largest absolute Gasteiger partial charge is 0.462 e. The molecule has 0 heterocycles. The Morgan fingerprint density at radius 3 is 1.53 bits per heavy atom. The summed E-state index contributed by atoms with van der Waals surface area (Å²) in [5, 5.41) is 23.5. The maximum Gasteiger partial charge on any atom is 0.306 e. The lowest BCUT2D eigenvalue weighted by molar-refractivity contribution is -0.151. The van der Waals surface area contributed by atoms with Gasteiger partial charge in [-0.25, -0.2) is 0 Å². The molecule has 53 heavy (non-hydrogen) atoms. The van der Waals surface area contributed by atoms with Crippen molar-refractivity contribution in [3.8, 4) is 0 Å². The zero-order chi connectivity index (χ0) is 38.9. The molecule has 0 aliphatic carbocycles. The lowest BCUT2D eigenvalue weighted by Crippen LogP contribution is -2.46. The number of esters is 1. The Hall–Kier alpha value is -2.18. The molecule has 0 aliphatic heterocycles. The number of aliphatic hydroxyl groups excluding tert-OH is 2. The summed E-state index contributed by atoms with van der Waals surface area (Å²) < 4.78 is 5.87. The van der Waals surface area contributed by atoms with Crippen molar-refractivity contribution in [3.05, 3.63) is 48.6 Å². The van der Waals surface area contributed by atoms with Crippen molar-refractivity contribution < 1.29 is 24.5 Å². The first kappa shape index (κ1) is 50.8. The van der Waals surface area contributed by atoms with E-state index in [1.54, 1.807) is 0 Å². The summed E-state index contributed by atoms with van der Waals surface area (Å²) in [7, 11) is 0. The minimum absolute atomic E-state index is 0.0650. The summed E-state index contributed by atoms with van der Waals surface area (Å²) in [5.41, 5.74) is 0. The third-order valence-electron chi connectivity index (χ3n) is 9.92. The van der Waals surface area contributed by atoms with Crippen molar-refractivity contribution in [2.45, 2.75) is 232 Å². The molecule has 0 rings (SSSR count). The highest BCUT2D eigenvalue weighted by Gasteiger charge is 2.24. The van der Waals surface area contributed by atoms with Crippen molar-refractivity contribution in [2.75, 3.05) is 6.61 Å². The Bertz CT molecular complexity index is 926. The summed E-state index contributed by atoms with van der Waals surface area (Å²) in [6, 6.07) is -0.703. The average Bonchev–Trinajstić information content (AvgIpc) is 3.15. The van der Waals surface area contributed by atoms with Crippen LogP contribution in [0.3, 0.4) is 0 Å². The standard InChI is InChI=1S/C47H85NO5/c1-4-7-10-13-16-19-21-22-23-24-25-26-28-31-34-37-40-47(52)53-43(38-35-32-29-18-15-12-9-6-3)41-46(51)48-44(42-49)45(50)39-36-33-30-27-20-17-14-11-8-5-2/h7,10,16,19,22-23,25-26,43-45,49-50H,4-6,8-9,11-15,17-18,20-21,24,27-42H2,1-3H3,(H,48,51)/b10-7+,19-16+,23-22+,26-25+. The average molecular weight is 744 g/mol. The zero-order valence-corrected chi connectivity index (χ0v) is 34.9. The number of hydrogen-bond acceptors (Lipinski definition) is 5. The van der Waals surface area contributed by atoms with Crippen LogP contribution < -0.4 is 5.32 Å². The number of nitrogens with one attached hydrogen (secondary N) is 1. The van der Waals surface area contributed by atoms with Crippen molar-refractivity contribution in [3.63, 3.8) is 0 Å². The van der Waals surface area contributed by atoms with E-state index >= 15 is 0 Å². The normalized spacial score (nSPS) is 13.8. The second-order valence-electron chi connectivity index (χ2n) is 15.1. The van der Waals surface area contributed by atoms with Crippen LogP contribution in [0.4, 0.5) is 0 Å².